The smallest absolute Gasteiger partial charge is 0.293 e. The van der Waals surface area contributed by atoms with Crippen LogP contribution < -0.4 is 15.1 Å². The Labute approximate surface area is 188 Å². The zero-order valence-corrected chi connectivity index (χ0v) is 18.5. The summed E-state index contributed by atoms with van der Waals surface area (Å²) in [7, 11) is 0. The molecule has 0 atom stereocenters. The number of nitrogens with one attached hydrogen (secondary N) is 1. The summed E-state index contributed by atoms with van der Waals surface area (Å²) in [6, 6.07) is 10.2. The molecule has 31 heavy (non-hydrogen) atoms. The summed E-state index contributed by atoms with van der Waals surface area (Å²) >= 11 is 3.57. The normalized spacial score (nSPS) is 16.8. The molecule has 0 spiro atoms. The van der Waals surface area contributed by atoms with Gasteiger partial charge in [-0.25, -0.2) is 0 Å². The van der Waals surface area contributed by atoms with Crippen LogP contribution in [0.3, 0.4) is 0 Å². The van der Waals surface area contributed by atoms with E-state index in [-0.39, 0.29) is 11.3 Å². The van der Waals surface area contributed by atoms with Crippen LogP contribution in [0.15, 0.2) is 40.9 Å². The standard InChI is InChI=1S/C21H23BrN4O5/c22-17-14-16(2-4-18(17)24-5-9-30-10-6-24)23-21(27)15-1-3-19(20(13-15)26(28)29)25-7-11-31-12-8-25/h1-4,13-14H,5-12H2,(H,23,27). The fourth-order valence-electron chi connectivity index (χ4n) is 3.73. The Hall–Kier alpha value is -2.69. The van der Waals surface area contributed by atoms with Gasteiger partial charge in [0.2, 0.25) is 0 Å². The van der Waals surface area contributed by atoms with Crippen LogP contribution in [0.2, 0.25) is 0 Å². The Morgan fingerprint density at radius 1 is 0.935 bits per heavy atom. The largest absolute Gasteiger partial charge is 0.378 e. The van der Waals surface area contributed by atoms with Gasteiger partial charge in [0.15, 0.2) is 0 Å². The van der Waals surface area contributed by atoms with Gasteiger partial charge < -0.3 is 24.6 Å². The van der Waals surface area contributed by atoms with Crippen molar-refractivity contribution >= 4 is 44.6 Å². The predicted octanol–water partition coefficient (Wildman–Crippen LogP) is 3.28. The molecular weight excluding hydrogens is 468 g/mol. The van der Waals surface area contributed by atoms with E-state index in [9.17, 15) is 14.9 Å². The molecule has 1 N–H and O–H groups in total. The molecule has 4 rings (SSSR count). The molecule has 0 aliphatic carbocycles. The van der Waals surface area contributed by atoms with E-state index in [4.69, 9.17) is 9.47 Å². The number of benzene rings is 2. The fraction of sp³-hybridized carbons (Fsp3) is 0.381. The van der Waals surface area contributed by atoms with Crippen molar-refractivity contribution in [2.24, 2.45) is 0 Å². The number of nitro groups is 1. The number of nitrogens with zero attached hydrogens (tertiary/aromatic N) is 3. The number of amides is 1. The van der Waals surface area contributed by atoms with Crippen LogP contribution in [0.25, 0.3) is 0 Å². The number of rotatable bonds is 5. The molecule has 2 fully saturated rings. The number of halogens is 1. The van der Waals surface area contributed by atoms with E-state index in [1.54, 1.807) is 12.1 Å². The number of hydrogen-bond acceptors (Lipinski definition) is 7. The van der Waals surface area contributed by atoms with E-state index >= 15 is 0 Å². The molecule has 2 aliphatic rings. The van der Waals surface area contributed by atoms with Crippen molar-refractivity contribution in [1.29, 1.82) is 0 Å². The van der Waals surface area contributed by atoms with E-state index in [1.165, 1.54) is 6.07 Å². The van der Waals surface area contributed by atoms with Gasteiger partial charge in [0.05, 0.1) is 37.0 Å². The van der Waals surface area contributed by atoms with Crippen LogP contribution in [-0.4, -0.2) is 63.4 Å². The monoisotopic (exact) mass is 490 g/mol. The van der Waals surface area contributed by atoms with E-state index in [0.717, 1.165) is 23.2 Å². The topological polar surface area (TPSA) is 97.2 Å². The molecule has 2 saturated heterocycles. The molecule has 2 aromatic carbocycles. The SMILES string of the molecule is O=C(Nc1ccc(N2CCOCC2)c(Br)c1)c1ccc(N2CCOCC2)c([N+](=O)[O-])c1. The molecule has 10 heteroatoms. The molecule has 0 aromatic heterocycles. The van der Waals surface area contributed by atoms with Gasteiger partial charge in [-0.3, -0.25) is 14.9 Å². The fourth-order valence-corrected chi connectivity index (χ4v) is 4.36. The molecule has 164 valence electrons. The second-order valence-electron chi connectivity index (χ2n) is 7.28. The minimum absolute atomic E-state index is 0.0848. The Bertz CT molecular complexity index is 974. The lowest BCUT2D eigenvalue weighted by molar-refractivity contribution is -0.384. The number of carbonyl (C=O) groups excluding carboxylic acids is 1. The first-order valence-corrected chi connectivity index (χ1v) is 10.9. The van der Waals surface area contributed by atoms with Gasteiger partial charge in [-0.05, 0) is 46.3 Å². The Kier molecular flexibility index (Phi) is 6.69. The quantitative estimate of drug-likeness (QED) is 0.507. The van der Waals surface area contributed by atoms with Crippen molar-refractivity contribution in [3.8, 4) is 0 Å². The van der Waals surface area contributed by atoms with Crippen LogP contribution >= 0.6 is 15.9 Å². The van der Waals surface area contributed by atoms with Crippen LogP contribution in [0, 0.1) is 10.1 Å². The van der Waals surface area contributed by atoms with Crippen molar-refractivity contribution in [3.05, 3.63) is 56.5 Å². The second-order valence-corrected chi connectivity index (χ2v) is 8.13. The van der Waals surface area contributed by atoms with Crippen LogP contribution in [0.1, 0.15) is 10.4 Å². The van der Waals surface area contributed by atoms with E-state index in [2.05, 4.69) is 26.1 Å². The first-order chi connectivity index (χ1) is 15.0. The van der Waals surface area contributed by atoms with E-state index < -0.39 is 10.8 Å². The molecule has 2 aromatic rings. The third kappa shape index (κ3) is 4.97. The maximum Gasteiger partial charge on any atom is 0.293 e. The zero-order valence-electron chi connectivity index (χ0n) is 16.9. The number of ether oxygens (including phenoxy) is 2. The highest BCUT2D eigenvalue weighted by atomic mass is 79.9. The summed E-state index contributed by atoms with van der Waals surface area (Å²) in [5.41, 5.74) is 2.29. The maximum absolute atomic E-state index is 12.8. The summed E-state index contributed by atoms with van der Waals surface area (Å²) in [6.07, 6.45) is 0. The average molecular weight is 491 g/mol. The lowest BCUT2D eigenvalue weighted by Gasteiger charge is -2.29. The van der Waals surface area contributed by atoms with Gasteiger partial charge in [-0.2, -0.15) is 0 Å². The third-order valence-electron chi connectivity index (χ3n) is 5.34. The number of nitro benzene ring substituents is 1. The van der Waals surface area contributed by atoms with Crippen molar-refractivity contribution < 1.29 is 19.2 Å². The molecule has 9 nitrogen and oxygen atoms in total. The molecule has 0 bridgehead atoms. The zero-order chi connectivity index (χ0) is 21.8. The number of anilines is 3. The number of hydrogen-bond donors (Lipinski definition) is 1. The van der Waals surface area contributed by atoms with Crippen molar-refractivity contribution in [2.75, 3.05) is 67.7 Å². The molecule has 0 radical (unpaired) electrons. The van der Waals surface area contributed by atoms with E-state index in [0.29, 0.717) is 50.9 Å². The average Bonchev–Trinajstić information content (AvgIpc) is 2.80. The van der Waals surface area contributed by atoms with Gasteiger partial charge in [0.25, 0.3) is 11.6 Å². The van der Waals surface area contributed by atoms with Gasteiger partial charge in [0.1, 0.15) is 5.69 Å². The second kappa shape index (κ2) is 9.63. The lowest BCUT2D eigenvalue weighted by atomic mass is 10.1. The molecule has 2 aliphatic heterocycles. The number of carbonyl (C=O) groups is 1. The van der Waals surface area contributed by atoms with Crippen LogP contribution in [0.5, 0.6) is 0 Å². The maximum atomic E-state index is 12.8. The molecule has 1 amide bonds. The highest BCUT2D eigenvalue weighted by molar-refractivity contribution is 9.10. The third-order valence-corrected chi connectivity index (χ3v) is 5.98. The summed E-state index contributed by atoms with van der Waals surface area (Å²) in [5.74, 6) is -0.400. The van der Waals surface area contributed by atoms with Crippen LogP contribution in [0.4, 0.5) is 22.7 Å². The Morgan fingerprint density at radius 3 is 2.10 bits per heavy atom. The van der Waals surface area contributed by atoms with Gasteiger partial charge in [0, 0.05) is 48.0 Å². The lowest BCUT2D eigenvalue weighted by Crippen LogP contribution is -2.36. The Morgan fingerprint density at radius 2 is 1.52 bits per heavy atom. The first kappa shape index (κ1) is 21.5. The van der Waals surface area contributed by atoms with Crippen LogP contribution in [-0.2, 0) is 9.47 Å². The van der Waals surface area contributed by atoms with Crippen molar-refractivity contribution in [3.63, 3.8) is 0 Å². The van der Waals surface area contributed by atoms with Gasteiger partial charge in [-0.1, -0.05) is 0 Å². The molecular formula is C21H23BrN4O5. The highest BCUT2D eigenvalue weighted by Crippen LogP contribution is 2.32. The summed E-state index contributed by atoms with van der Waals surface area (Å²) in [5, 5.41) is 14.5. The predicted molar refractivity (Wildman–Crippen MR) is 121 cm³/mol. The molecule has 0 unspecified atom stereocenters. The minimum atomic E-state index is -0.449. The van der Waals surface area contributed by atoms with Gasteiger partial charge >= 0.3 is 0 Å². The summed E-state index contributed by atoms with van der Waals surface area (Å²) in [6.45, 7) is 5.19. The Balaban J connectivity index is 1.51. The summed E-state index contributed by atoms with van der Waals surface area (Å²) < 4.78 is 11.6. The number of morpholine rings is 2. The summed E-state index contributed by atoms with van der Waals surface area (Å²) in [4.78, 5) is 28.1. The first-order valence-electron chi connectivity index (χ1n) is 10.1. The molecule has 0 saturated carbocycles. The van der Waals surface area contributed by atoms with E-state index in [1.807, 2.05) is 23.1 Å². The van der Waals surface area contributed by atoms with Crippen molar-refractivity contribution in [1.82, 2.24) is 0 Å². The highest BCUT2D eigenvalue weighted by Gasteiger charge is 2.23. The van der Waals surface area contributed by atoms with Crippen molar-refractivity contribution in [2.45, 2.75) is 0 Å². The minimum Gasteiger partial charge on any atom is -0.378 e. The molecule has 2 heterocycles. The van der Waals surface area contributed by atoms with Gasteiger partial charge in [-0.15, -0.1) is 0 Å².